The zero-order chi connectivity index (χ0) is 13.3. The highest BCUT2D eigenvalue weighted by Gasteiger charge is 2.47. The largest absolute Gasteiger partial charge is 0.481 e. The minimum Gasteiger partial charge on any atom is -0.481 e. The summed E-state index contributed by atoms with van der Waals surface area (Å²) in [5, 5.41) is 9.24. The number of carbonyl (C=O) groups excluding carboxylic acids is 1. The summed E-state index contributed by atoms with van der Waals surface area (Å²) in [7, 11) is 0. The van der Waals surface area contributed by atoms with Crippen LogP contribution in [0.3, 0.4) is 0 Å². The van der Waals surface area contributed by atoms with Crippen LogP contribution in [0.1, 0.15) is 39.5 Å². The summed E-state index contributed by atoms with van der Waals surface area (Å²) in [5.74, 6) is -0.865. The van der Waals surface area contributed by atoms with E-state index in [4.69, 9.17) is 4.74 Å². The van der Waals surface area contributed by atoms with Gasteiger partial charge in [-0.15, -0.1) is 0 Å². The summed E-state index contributed by atoms with van der Waals surface area (Å²) in [5.41, 5.74) is -0.790. The molecule has 0 spiro atoms. The van der Waals surface area contributed by atoms with E-state index < -0.39 is 11.4 Å². The maximum Gasteiger partial charge on any atom is 0.310 e. The number of morpholine rings is 1. The highest BCUT2D eigenvalue weighted by Crippen LogP contribution is 2.44. The predicted octanol–water partition coefficient (Wildman–Crippen LogP) is 1.27. The van der Waals surface area contributed by atoms with Crippen molar-refractivity contribution in [3.63, 3.8) is 0 Å². The molecule has 0 radical (unpaired) electrons. The zero-order valence-corrected chi connectivity index (χ0v) is 11.0. The lowest BCUT2D eigenvalue weighted by Crippen LogP contribution is -2.51. The van der Waals surface area contributed by atoms with Crippen LogP contribution in [0.4, 0.5) is 0 Å². The number of amides is 1. The van der Waals surface area contributed by atoms with Crippen LogP contribution in [-0.2, 0) is 14.3 Å². The molecular formula is C13H21NO4. The third-order valence-corrected chi connectivity index (χ3v) is 4.03. The molecule has 2 aliphatic rings. The number of nitrogens with zero attached hydrogens (tertiary/aromatic N) is 1. The molecule has 1 aliphatic carbocycles. The SMILES string of the molecule is C[C@@H]1CN(C(=O)CC2(C(=O)O)CCC2)C[C@H](C)O1. The van der Waals surface area contributed by atoms with Gasteiger partial charge >= 0.3 is 5.97 Å². The van der Waals surface area contributed by atoms with Crippen molar-refractivity contribution < 1.29 is 19.4 Å². The van der Waals surface area contributed by atoms with Gasteiger partial charge in [-0.05, 0) is 26.7 Å². The fourth-order valence-electron chi connectivity index (χ4n) is 2.85. The Hall–Kier alpha value is -1.10. The van der Waals surface area contributed by atoms with Crippen LogP contribution in [0.15, 0.2) is 0 Å². The van der Waals surface area contributed by atoms with E-state index in [1.54, 1.807) is 4.90 Å². The molecule has 1 N–H and O–H groups in total. The Kier molecular flexibility index (Phi) is 3.61. The highest BCUT2D eigenvalue weighted by atomic mass is 16.5. The van der Waals surface area contributed by atoms with Crippen LogP contribution >= 0.6 is 0 Å². The normalized spacial score (nSPS) is 30.7. The topological polar surface area (TPSA) is 66.8 Å². The van der Waals surface area contributed by atoms with Gasteiger partial charge in [0.2, 0.25) is 5.91 Å². The second-order valence-corrected chi connectivity index (χ2v) is 5.67. The van der Waals surface area contributed by atoms with E-state index in [-0.39, 0.29) is 24.5 Å². The Labute approximate surface area is 107 Å². The van der Waals surface area contributed by atoms with Gasteiger partial charge in [-0.3, -0.25) is 9.59 Å². The predicted molar refractivity (Wildman–Crippen MR) is 65.1 cm³/mol. The smallest absolute Gasteiger partial charge is 0.310 e. The van der Waals surface area contributed by atoms with Crippen molar-refractivity contribution in [1.82, 2.24) is 4.90 Å². The van der Waals surface area contributed by atoms with Crippen molar-refractivity contribution >= 4 is 11.9 Å². The van der Waals surface area contributed by atoms with E-state index in [0.717, 1.165) is 6.42 Å². The first kappa shape index (κ1) is 13.3. The summed E-state index contributed by atoms with van der Waals surface area (Å²) in [6, 6.07) is 0. The molecule has 2 atom stereocenters. The molecule has 5 nitrogen and oxygen atoms in total. The van der Waals surface area contributed by atoms with Gasteiger partial charge in [-0.25, -0.2) is 0 Å². The Morgan fingerprint density at radius 2 is 1.83 bits per heavy atom. The molecule has 102 valence electrons. The average molecular weight is 255 g/mol. The molecule has 0 aromatic rings. The van der Waals surface area contributed by atoms with Gasteiger partial charge in [0.15, 0.2) is 0 Å². The molecule has 0 unspecified atom stereocenters. The molecule has 0 aromatic heterocycles. The molecule has 0 aromatic carbocycles. The van der Waals surface area contributed by atoms with E-state index in [9.17, 15) is 14.7 Å². The molecule has 1 saturated heterocycles. The summed E-state index contributed by atoms with van der Waals surface area (Å²) >= 11 is 0. The Bertz CT molecular complexity index is 341. The van der Waals surface area contributed by atoms with Gasteiger partial charge in [0.05, 0.1) is 17.6 Å². The van der Waals surface area contributed by atoms with Crippen molar-refractivity contribution in [2.45, 2.75) is 51.7 Å². The number of hydrogen-bond donors (Lipinski definition) is 1. The lowest BCUT2D eigenvalue weighted by Gasteiger charge is -2.41. The number of aliphatic carboxylic acids is 1. The number of hydrogen-bond acceptors (Lipinski definition) is 3. The van der Waals surface area contributed by atoms with Crippen molar-refractivity contribution in [3.8, 4) is 0 Å². The quantitative estimate of drug-likeness (QED) is 0.824. The summed E-state index contributed by atoms with van der Waals surface area (Å²) in [6.45, 7) is 5.01. The molecule has 2 fully saturated rings. The van der Waals surface area contributed by atoms with Crippen molar-refractivity contribution in [1.29, 1.82) is 0 Å². The first-order valence-electron chi connectivity index (χ1n) is 6.59. The molecule has 1 aliphatic heterocycles. The first-order chi connectivity index (χ1) is 8.43. The maximum atomic E-state index is 12.2. The van der Waals surface area contributed by atoms with Crippen molar-refractivity contribution in [2.24, 2.45) is 5.41 Å². The van der Waals surface area contributed by atoms with Crippen LogP contribution in [-0.4, -0.2) is 47.2 Å². The van der Waals surface area contributed by atoms with Crippen molar-refractivity contribution in [2.75, 3.05) is 13.1 Å². The lowest BCUT2D eigenvalue weighted by molar-refractivity contribution is -0.162. The van der Waals surface area contributed by atoms with E-state index in [2.05, 4.69) is 0 Å². The molecular weight excluding hydrogens is 234 g/mol. The van der Waals surface area contributed by atoms with Gasteiger partial charge in [0.25, 0.3) is 0 Å². The molecule has 2 rings (SSSR count). The number of carboxylic acids is 1. The van der Waals surface area contributed by atoms with Crippen molar-refractivity contribution in [3.05, 3.63) is 0 Å². The summed E-state index contributed by atoms with van der Waals surface area (Å²) in [6.07, 6.45) is 2.37. The maximum absolute atomic E-state index is 12.2. The standard InChI is InChI=1S/C13H21NO4/c1-9-7-14(8-10(2)18-9)11(15)6-13(12(16)17)4-3-5-13/h9-10H,3-8H2,1-2H3,(H,16,17)/t9-,10+. The monoisotopic (exact) mass is 255 g/mol. The molecule has 0 bridgehead atoms. The van der Waals surface area contributed by atoms with Crippen LogP contribution in [0.5, 0.6) is 0 Å². The van der Waals surface area contributed by atoms with E-state index in [1.807, 2.05) is 13.8 Å². The second-order valence-electron chi connectivity index (χ2n) is 5.67. The molecule has 1 amide bonds. The first-order valence-corrected chi connectivity index (χ1v) is 6.59. The van der Waals surface area contributed by atoms with Crippen LogP contribution in [0.25, 0.3) is 0 Å². The Morgan fingerprint density at radius 1 is 1.28 bits per heavy atom. The fraction of sp³-hybridized carbons (Fsp3) is 0.846. The van der Waals surface area contributed by atoms with E-state index in [1.165, 1.54) is 0 Å². The lowest BCUT2D eigenvalue weighted by atomic mass is 9.66. The number of rotatable bonds is 3. The summed E-state index contributed by atoms with van der Waals surface area (Å²) < 4.78 is 5.57. The molecule has 5 heteroatoms. The minimum atomic E-state index is -0.823. The highest BCUT2D eigenvalue weighted by molar-refractivity contribution is 5.85. The summed E-state index contributed by atoms with van der Waals surface area (Å²) in [4.78, 5) is 25.2. The second kappa shape index (κ2) is 4.88. The Morgan fingerprint density at radius 3 is 2.22 bits per heavy atom. The average Bonchev–Trinajstić information content (AvgIpc) is 2.21. The van der Waals surface area contributed by atoms with Gasteiger partial charge in [-0.2, -0.15) is 0 Å². The van der Waals surface area contributed by atoms with Gasteiger partial charge in [-0.1, -0.05) is 6.42 Å². The van der Waals surface area contributed by atoms with E-state index >= 15 is 0 Å². The third kappa shape index (κ3) is 2.51. The number of carboxylic acid groups (broad SMARTS) is 1. The molecule has 1 saturated carbocycles. The number of carbonyl (C=O) groups is 2. The van der Waals surface area contributed by atoms with Gasteiger partial charge in [0, 0.05) is 19.5 Å². The Balaban J connectivity index is 1.97. The molecule has 1 heterocycles. The van der Waals surface area contributed by atoms with Crippen LogP contribution in [0, 0.1) is 5.41 Å². The van der Waals surface area contributed by atoms with Gasteiger partial charge < -0.3 is 14.7 Å². The van der Waals surface area contributed by atoms with Crippen LogP contribution in [0.2, 0.25) is 0 Å². The zero-order valence-electron chi connectivity index (χ0n) is 11.0. The fourth-order valence-corrected chi connectivity index (χ4v) is 2.85. The van der Waals surface area contributed by atoms with Crippen LogP contribution < -0.4 is 0 Å². The van der Waals surface area contributed by atoms with Gasteiger partial charge in [0.1, 0.15) is 0 Å². The molecule has 18 heavy (non-hydrogen) atoms. The minimum absolute atomic E-state index is 0.0277. The third-order valence-electron chi connectivity index (χ3n) is 4.03. The van der Waals surface area contributed by atoms with E-state index in [0.29, 0.717) is 25.9 Å². The number of ether oxygens (including phenoxy) is 1.